The van der Waals surface area contributed by atoms with Crippen LogP contribution in [-0.4, -0.2) is 116 Å². The molecule has 1 amide bonds. The smallest absolute Gasteiger partial charge is 0.217 e. The molecular formula is C14H25NO11. The van der Waals surface area contributed by atoms with Crippen LogP contribution in [0, 0.1) is 0 Å². The van der Waals surface area contributed by atoms with Gasteiger partial charge in [-0.1, -0.05) is 0 Å². The maximum atomic E-state index is 11.2. The van der Waals surface area contributed by atoms with E-state index >= 15 is 0 Å². The van der Waals surface area contributed by atoms with Gasteiger partial charge in [0.1, 0.15) is 48.8 Å². The largest absolute Gasteiger partial charge is 0.394 e. The van der Waals surface area contributed by atoms with Crippen LogP contribution < -0.4 is 5.32 Å². The molecule has 0 aromatic heterocycles. The first-order valence-corrected chi connectivity index (χ1v) is 8.06. The fourth-order valence-electron chi connectivity index (χ4n) is 2.98. The van der Waals surface area contributed by atoms with Crippen LogP contribution in [0.2, 0.25) is 0 Å². The predicted octanol–water partition coefficient (Wildman–Crippen LogP) is -5.25. The molecular weight excluding hydrogens is 358 g/mol. The third-order valence-electron chi connectivity index (χ3n) is 4.38. The van der Waals surface area contributed by atoms with E-state index in [1.165, 1.54) is 0 Å². The minimum atomic E-state index is -1.73. The van der Waals surface area contributed by atoms with Gasteiger partial charge in [0.15, 0.2) is 12.6 Å². The molecule has 0 aromatic carbocycles. The molecule has 2 heterocycles. The summed E-state index contributed by atoms with van der Waals surface area (Å²) in [6.45, 7) is -0.195. The lowest BCUT2D eigenvalue weighted by Crippen LogP contribution is -2.67. The second-order valence-electron chi connectivity index (χ2n) is 6.26. The van der Waals surface area contributed by atoms with Crippen LogP contribution in [0.5, 0.6) is 0 Å². The summed E-state index contributed by atoms with van der Waals surface area (Å²) >= 11 is 0. The highest BCUT2D eigenvalue weighted by Gasteiger charge is 2.50. The number of carbonyl (C=O) groups is 1. The Balaban J connectivity index is 2.16. The van der Waals surface area contributed by atoms with Crippen molar-refractivity contribution in [2.75, 3.05) is 13.2 Å². The molecule has 2 aliphatic heterocycles. The summed E-state index contributed by atoms with van der Waals surface area (Å²) in [5.74, 6) is -0.564. The summed E-state index contributed by atoms with van der Waals surface area (Å²) < 4.78 is 15.7. The highest BCUT2D eigenvalue weighted by Crippen LogP contribution is 2.28. The zero-order valence-electron chi connectivity index (χ0n) is 14.0. The predicted molar refractivity (Wildman–Crippen MR) is 80.2 cm³/mol. The molecule has 0 aromatic rings. The van der Waals surface area contributed by atoms with Crippen LogP contribution in [-0.2, 0) is 19.0 Å². The lowest BCUT2D eigenvalue weighted by Gasteiger charge is -2.46. The number of rotatable bonds is 5. The molecule has 8 N–H and O–H groups in total. The minimum absolute atomic E-state index is 0.564. The molecule has 2 aliphatic rings. The molecule has 1 unspecified atom stereocenters. The van der Waals surface area contributed by atoms with Gasteiger partial charge in [-0.3, -0.25) is 4.79 Å². The van der Waals surface area contributed by atoms with Gasteiger partial charge in [0.25, 0.3) is 0 Å². The third kappa shape index (κ3) is 4.31. The standard InChI is InChI=1S/C14H25NO11/c1-4(18)15-7-9(20)12(6(3-17)24-13(7)23)26-14-11(22)10(21)8(19)5(2-16)25-14/h5-14,16-17,19-23H,2-3H2,1H3,(H,15,18)/t5-,6+,7+,8+,9+,10-,11+,12+,13?,14-/m0/s1. The number of amides is 1. The van der Waals surface area contributed by atoms with E-state index in [0.717, 1.165) is 6.92 Å². The van der Waals surface area contributed by atoms with Gasteiger partial charge in [0.2, 0.25) is 5.91 Å². The van der Waals surface area contributed by atoms with Gasteiger partial charge in [0.05, 0.1) is 13.2 Å². The Morgan fingerprint density at radius 1 is 0.923 bits per heavy atom. The van der Waals surface area contributed by atoms with Gasteiger partial charge in [0, 0.05) is 6.92 Å². The first-order chi connectivity index (χ1) is 12.2. The summed E-state index contributed by atoms with van der Waals surface area (Å²) in [6.07, 6.45) is -13.6. The van der Waals surface area contributed by atoms with Crippen molar-refractivity contribution in [3.05, 3.63) is 0 Å². The summed E-state index contributed by atoms with van der Waals surface area (Å²) in [4.78, 5) is 11.2. The topological polar surface area (TPSA) is 198 Å². The number of aliphatic hydroxyl groups is 7. The van der Waals surface area contributed by atoms with Crippen LogP contribution in [0.1, 0.15) is 6.92 Å². The molecule has 2 saturated heterocycles. The Kier molecular flexibility index (Phi) is 7.27. The van der Waals surface area contributed by atoms with Crippen LogP contribution >= 0.6 is 0 Å². The van der Waals surface area contributed by atoms with E-state index in [-0.39, 0.29) is 0 Å². The lowest BCUT2D eigenvalue weighted by molar-refractivity contribution is -0.345. The van der Waals surface area contributed by atoms with E-state index in [0.29, 0.717) is 0 Å². The van der Waals surface area contributed by atoms with Crippen molar-refractivity contribution >= 4 is 5.91 Å². The van der Waals surface area contributed by atoms with Gasteiger partial charge in [-0.25, -0.2) is 0 Å². The van der Waals surface area contributed by atoms with Crippen LogP contribution in [0.4, 0.5) is 0 Å². The number of ether oxygens (including phenoxy) is 3. The average molecular weight is 383 g/mol. The van der Waals surface area contributed by atoms with Crippen LogP contribution in [0.15, 0.2) is 0 Å². The van der Waals surface area contributed by atoms with Crippen molar-refractivity contribution in [3.63, 3.8) is 0 Å². The lowest BCUT2D eigenvalue weighted by atomic mass is 9.95. The van der Waals surface area contributed by atoms with Gasteiger partial charge in [-0.2, -0.15) is 0 Å². The maximum absolute atomic E-state index is 11.2. The molecule has 26 heavy (non-hydrogen) atoms. The maximum Gasteiger partial charge on any atom is 0.217 e. The van der Waals surface area contributed by atoms with E-state index in [1.54, 1.807) is 0 Å². The first kappa shape index (κ1) is 21.4. The Labute approximate surface area is 148 Å². The summed E-state index contributed by atoms with van der Waals surface area (Å²) in [5, 5.41) is 70.7. The average Bonchev–Trinajstić information content (AvgIpc) is 2.60. The molecule has 2 fully saturated rings. The molecule has 0 radical (unpaired) electrons. The van der Waals surface area contributed by atoms with E-state index in [9.17, 15) is 40.5 Å². The molecule has 0 spiro atoms. The second kappa shape index (κ2) is 8.84. The summed E-state index contributed by atoms with van der Waals surface area (Å²) in [5.41, 5.74) is 0. The summed E-state index contributed by atoms with van der Waals surface area (Å²) in [7, 11) is 0. The van der Waals surface area contributed by atoms with E-state index in [4.69, 9.17) is 14.2 Å². The number of hydrogen-bond acceptors (Lipinski definition) is 11. The van der Waals surface area contributed by atoms with Gasteiger partial charge >= 0.3 is 0 Å². The Bertz CT molecular complexity index is 478. The molecule has 0 saturated carbocycles. The van der Waals surface area contributed by atoms with Crippen LogP contribution in [0.25, 0.3) is 0 Å². The van der Waals surface area contributed by atoms with E-state index in [2.05, 4.69) is 5.32 Å². The number of hydrogen-bond donors (Lipinski definition) is 8. The Morgan fingerprint density at radius 2 is 1.54 bits per heavy atom. The van der Waals surface area contributed by atoms with E-state index < -0.39 is 80.5 Å². The van der Waals surface area contributed by atoms with Gasteiger partial charge in [-0.15, -0.1) is 0 Å². The van der Waals surface area contributed by atoms with Crippen molar-refractivity contribution in [1.29, 1.82) is 0 Å². The molecule has 12 heteroatoms. The van der Waals surface area contributed by atoms with Gasteiger partial charge in [-0.05, 0) is 0 Å². The normalized spacial score (nSPS) is 46.8. The quantitative estimate of drug-likeness (QED) is 0.226. The fraction of sp³-hybridized carbons (Fsp3) is 0.929. The zero-order valence-corrected chi connectivity index (χ0v) is 14.0. The molecule has 12 nitrogen and oxygen atoms in total. The van der Waals surface area contributed by atoms with Crippen molar-refractivity contribution in [2.24, 2.45) is 0 Å². The van der Waals surface area contributed by atoms with Crippen LogP contribution in [0.3, 0.4) is 0 Å². The van der Waals surface area contributed by atoms with Crippen molar-refractivity contribution in [3.8, 4) is 0 Å². The zero-order chi connectivity index (χ0) is 19.6. The Hall–Kier alpha value is -0.930. The molecule has 10 atom stereocenters. The highest BCUT2D eigenvalue weighted by molar-refractivity contribution is 5.73. The molecule has 0 aliphatic carbocycles. The van der Waals surface area contributed by atoms with Crippen molar-refractivity contribution in [2.45, 2.75) is 68.3 Å². The number of nitrogens with one attached hydrogen (secondary N) is 1. The summed E-state index contributed by atoms with van der Waals surface area (Å²) in [6, 6.07) is -1.29. The van der Waals surface area contributed by atoms with Crippen molar-refractivity contribution < 1.29 is 54.8 Å². The highest BCUT2D eigenvalue weighted by atomic mass is 16.7. The Morgan fingerprint density at radius 3 is 2.08 bits per heavy atom. The number of carbonyl (C=O) groups excluding carboxylic acids is 1. The van der Waals surface area contributed by atoms with E-state index in [1.807, 2.05) is 0 Å². The first-order valence-electron chi connectivity index (χ1n) is 8.06. The van der Waals surface area contributed by atoms with Gasteiger partial charge < -0.3 is 55.3 Å². The molecule has 2 rings (SSSR count). The van der Waals surface area contributed by atoms with Crippen molar-refractivity contribution in [1.82, 2.24) is 5.32 Å². The minimum Gasteiger partial charge on any atom is -0.394 e. The third-order valence-corrected chi connectivity index (χ3v) is 4.38. The molecule has 0 bridgehead atoms. The fourth-order valence-corrected chi connectivity index (χ4v) is 2.98. The molecule has 152 valence electrons. The monoisotopic (exact) mass is 383 g/mol. The second-order valence-corrected chi connectivity index (χ2v) is 6.26. The SMILES string of the molecule is CC(=O)N[C@H]1C(O)O[C@H](CO)[C@@H](O[C@@H]2O[C@@H](CO)[C@@H](O)[C@H](O)[C@H]2O)[C@@H]1O. The number of aliphatic hydroxyl groups excluding tert-OH is 7.